The predicted molar refractivity (Wildman–Crippen MR) is 102 cm³/mol. The van der Waals surface area contributed by atoms with Gasteiger partial charge in [0, 0.05) is 18.7 Å². The van der Waals surface area contributed by atoms with Crippen LogP contribution in [0, 0.1) is 17.8 Å². The van der Waals surface area contributed by atoms with Gasteiger partial charge in [-0.05, 0) is 54.7 Å². The number of amides is 1. The maximum absolute atomic E-state index is 13.0. The maximum Gasteiger partial charge on any atom is 0.253 e. The summed E-state index contributed by atoms with van der Waals surface area (Å²) in [7, 11) is 0. The van der Waals surface area contributed by atoms with E-state index in [-0.39, 0.29) is 11.9 Å². The van der Waals surface area contributed by atoms with Gasteiger partial charge in [0.1, 0.15) is 12.7 Å². The van der Waals surface area contributed by atoms with Gasteiger partial charge in [0.05, 0.1) is 12.1 Å². The van der Waals surface area contributed by atoms with Crippen molar-refractivity contribution in [1.82, 2.24) is 19.7 Å². The first-order valence-electron chi connectivity index (χ1n) is 9.91. The lowest BCUT2D eigenvalue weighted by Gasteiger charge is -2.34. The zero-order valence-corrected chi connectivity index (χ0v) is 16.0. The smallest absolute Gasteiger partial charge is 0.253 e. The largest absolute Gasteiger partial charge is 0.391 e. The molecule has 2 heterocycles. The molecule has 6 heteroatoms. The van der Waals surface area contributed by atoms with Crippen LogP contribution in [0.4, 0.5) is 0 Å². The Hall–Kier alpha value is -2.21. The van der Waals surface area contributed by atoms with Crippen LogP contribution >= 0.6 is 0 Å². The van der Waals surface area contributed by atoms with Crippen LogP contribution < -0.4 is 0 Å². The molecule has 1 saturated heterocycles. The molecule has 4 atom stereocenters. The van der Waals surface area contributed by atoms with E-state index in [1.54, 1.807) is 11.0 Å². The van der Waals surface area contributed by atoms with E-state index >= 15 is 0 Å². The molecule has 1 aromatic heterocycles. The summed E-state index contributed by atoms with van der Waals surface area (Å²) >= 11 is 0. The monoisotopic (exact) mass is 368 g/mol. The number of hydrogen-bond donors (Lipinski definition) is 1. The Morgan fingerprint density at radius 2 is 1.89 bits per heavy atom. The molecule has 27 heavy (non-hydrogen) atoms. The molecule has 0 bridgehead atoms. The van der Waals surface area contributed by atoms with Crippen LogP contribution in [-0.2, 0) is 6.42 Å². The second kappa shape index (κ2) is 7.43. The Morgan fingerprint density at radius 1 is 1.19 bits per heavy atom. The zero-order chi connectivity index (χ0) is 19.0. The number of aliphatic hydroxyl groups is 1. The van der Waals surface area contributed by atoms with E-state index < -0.39 is 6.10 Å². The third-order valence-electron chi connectivity index (χ3n) is 6.02. The molecule has 1 aliphatic heterocycles. The van der Waals surface area contributed by atoms with Gasteiger partial charge in [-0.3, -0.25) is 4.79 Å². The van der Waals surface area contributed by atoms with E-state index in [4.69, 9.17) is 0 Å². The molecular formula is C21H28N4O2. The second-order valence-electron chi connectivity index (χ2n) is 8.51. The van der Waals surface area contributed by atoms with E-state index in [0.29, 0.717) is 24.2 Å². The van der Waals surface area contributed by atoms with Gasteiger partial charge in [0.25, 0.3) is 5.91 Å². The minimum atomic E-state index is -0.432. The number of likely N-dealkylation sites (tertiary alicyclic amines) is 1. The van der Waals surface area contributed by atoms with Crippen LogP contribution in [0.5, 0.6) is 0 Å². The molecule has 1 aliphatic carbocycles. The Kier molecular flexibility index (Phi) is 5.00. The van der Waals surface area contributed by atoms with Crippen molar-refractivity contribution >= 4 is 5.91 Å². The van der Waals surface area contributed by atoms with Crippen LogP contribution in [0.3, 0.4) is 0 Å². The molecule has 1 amide bonds. The van der Waals surface area contributed by atoms with Crippen molar-refractivity contribution in [3.05, 3.63) is 48.0 Å². The Morgan fingerprint density at radius 3 is 2.52 bits per heavy atom. The second-order valence-corrected chi connectivity index (χ2v) is 8.51. The highest BCUT2D eigenvalue weighted by molar-refractivity contribution is 5.94. The molecule has 0 spiro atoms. The first kappa shape index (κ1) is 18.2. The van der Waals surface area contributed by atoms with Gasteiger partial charge in [-0.25, -0.2) is 9.67 Å². The minimum absolute atomic E-state index is 0.0425. The highest BCUT2D eigenvalue weighted by Gasteiger charge is 2.43. The van der Waals surface area contributed by atoms with Crippen molar-refractivity contribution < 1.29 is 9.90 Å². The average molecular weight is 368 g/mol. The number of fused-ring (bicyclic) bond motifs is 1. The highest BCUT2D eigenvalue weighted by Crippen LogP contribution is 2.41. The Balaban J connectivity index is 1.42. The summed E-state index contributed by atoms with van der Waals surface area (Å²) in [5, 5.41) is 14.7. The number of hydrogen-bond acceptors (Lipinski definition) is 4. The third kappa shape index (κ3) is 3.76. The lowest BCUT2D eigenvalue weighted by molar-refractivity contribution is 0.0304. The lowest BCUT2D eigenvalue weighted by atomic mass is 9.77. The molecule has 0 radical (unpaired) electrons. The fourth-order valence-corrected chi connectivity index (χ4v) is 4.68. The zero-order valence-electron chi connectivity index (χ0n) is 16.0. The quantitative estimate of drug-likeness (QED) is 0.900. The first-order chi connectivity index (χ1) is 13.0. The van der Waals surface area contributed by atoms with Crippen molar-refractivity contribution in [1.29, 1.82) is 0 Å². The van der Waals surface area contributed by atoms with E-state index in [0.717, 1.165) is 31.5 Å². The fourth-order valence-electron chi connectivity index (χ4n) is 4.68. The highest BCUT2D eigenvalue weighted by atomic mass is 16.3. The van der Waals surface area contributed by atoms with E-state index in [2.05, 4.69) is 36.1 Å². The van der Waals surface area contributed by atoms with Crippen LogP contribution in [0.15, 0.2) is 36.9 Å². The van der Waals surface area contributed by atoms with Crippen LogP contribution in [0.2, 0.25) is 0 Å². The van der Waals surface area contributed by atoms with Crippen LogP contribution in [0.1, 0.15) is 48.7 Å². The van der Waals surface area contributed by atoms with Gasteiger partial charge in [-0.1, -0.05) is 26.0 Å². The third-order valence-corrected chi connectivity index (χ3v) is 6.02. The SMILES string of the molecule is CC(C)Cc1ccc(C(=O)N2C[C@H]3C[C@@H](n4cncn4)[C@H](O)C[C@H]3C2)cc1. The van der Waals surface area contributed by atoms with Gasteiger partial charge >= 0.3 is 0 Å². The summed E-state index contributed by atoms with van der Waals surface area (Å²) in [4.78, 5) is 18.9. The fraction of sp³-hybridized carbons (Fsp3) is 0.571. The number of aromatic nitrogens is 3. The number of carbonyl (C=O) groups excluding carboxylic acids is 1. The first-order valence-corrected chi connectivity index (χ1v) is 9.91. The summed E-state index contributed by atoms with van der Waals surface area (Å²) in [6.45, 7) is 5.89. The summed E-state index contributed by atoms with van der Waals surface area (Å²) in [5.74, 6) is 1.49. The molecule has 6 nitrogen and oxygen atoms in total. The lowest BCUT2D eigenvalue weighted by Crippen LogP contribution is -2.36. The molecular weight excluding hydrogens is 340 g/mol. The molecule has 2 aliphatic rings. The van der Waals surface area contributed by atoms with Crippen molar-refractivity contribution in [3.8, 4) is 0 Å². The van der Waals surface area contributed by atoms with Crippen molar-refractivity contribution in [3.63, 3.8) is 0 Å². The maximum atomic E-state index is 13.0. The number of benzene rings is 1. The van der Waals surface area contributed by atoms with Gasteiger partial charge in [-0.2, -0.15) is 5.10 Å². The molecule has 144 valence electrons. The van der Waals surface area contributed by atoms with Gasteiger partial charge in [0.2, 0.25) is 0 Å². The normalized spacial score (nSPS) is 27.8. The number of carbonyl (C=O) groups is 1. The van der Waals surface area contributed by atoms with Gasteiger partial charge in [-0.15, -0.1) is 0 Å². The Bertz CT molecular complexity index is 772. The predicted octanol–water partition coefficient (Wildman–Crippen LogP) is 2.56. The number of nitrogens with zero attached hydrogens (tertiary/aromatic N) is 4. The minimum Gasteiger partial charge on any atom is -0.391 e. The van der Waals surface area contributed by atoms with E-state index in [9.17, 15) is 9.90 Å². The van der Waals surface area contributed by atoms with Crippen molar-refractivity contribution in [2.75, 3.05) is 13.1 Å². The summed E-state index contributed by atoms with van der Waals surface area (Å²) < 4.78 is 1.76. The van der Waals surface area contributed by atoms with Gasteiger partial charge in [0.15, 0.2) is 0 Å². The average Bonchev–Trinajstić information content (AvgIpc) is 3.30. The standard InChI is InChI=1S/C21H28N4O2/c1-14(2)7-15-3-5-16(6-4-15)21(27)24-10-17-8-19(25-13-22-12-23-25)20(26)9-18(17)11-24/h3-6,12-14,17-20,26H,7-11H2,1-2H3/t17-,18+,19-,20-/m1/s1. The molecule has 1 N–H and O–H groups in total. The van der Waals surface area contributed by atoms with Gasteiger partial charge < -0.3 is 10.0 Å². The van der Waals surface area contributed by atoms with Crippen molar-refractivity contribution in [2.24, 2.45) is 17.8 Å². The molecule has 1 saturated carbocycles. The summed E-state index contributed by atoms with van der Waals surface area (Å²) in [6, 6.07) is 8.01. The molecule has 2 aromatic rings. The van der Waals surface area contributed by atoms with Crippen LogP contribution in [-0.4, -0.2) is 49.9 Å². The summed E-state index contributed by atoms with van der Waals surface area (Å²) in [6.07, 6.45) is 5.33. The molecule has 0 unspecified atom stereocenters. The molecule has 4 rings (SSSR count). The van der Waals surface area contributed by atoms with Crippen LogP contribution in [0.25, 0.3) is 0 Å². The topological polar surface area (TPSA) is 71.2 Å². The van der Waals surface area contributed by atoms with Crippen molar-refractivity contribution in [2.45, 2.75) is 45.3 Å². The molecule has 1 aromatic carbocycles. The number of rotatable bonds is 4. The van der Waals surface area contributed by atoms with E-state index in [1.165, 1.54) is 11.9 Å². The molecule has 2 fully saturated rings. The Labute approximate surface area is 160 Å². The van der Waals surface area contributed by atoms with E-state index in [1.807, 2.05) is 17.0 Å². The number of aliphatic hydroxyl groups excluding tert-OH is 1. The summed E-state index contributed by atoms with van der Waals surface area (Å²) in [5.41, 5.74) is 2.03.